The molecule has 1 heterocycles. The molecule has 142 valence electrons. The Hall–Kier alpha value is -1.27. The van der Waals surface area contributed by atoms with Gasteiger partial charge in [-0.2, -0.15) is 13.2 Å². The number of alkyl halides is 3. The van der Waals surface area contributed by atoms with Crippen LogP contribution in [-0.2, 0) is 11.2 Å². The molecule has 1 amide bonds. The van der Waals surface area contributed by atoms with E-state index in [-0.39, 0.29) is 30.7 Å². The van der Waals surface area contributed by atoms with Crippen molar-refractivity contribution < 1.29 is 18.0 Å². The Labute approximate surface area is 153 Å². The Morgan fingerprint density at radius 3 is 2.80 bits per heavy atom. The van der Waals surface area contributed by atoms with Gasteiger partial charge in [0.15, 0.2) is 0 Å². The van der Waals surface area contributed by atoms with Crippen LogP contribution >= 0.6 is 12.4 Å². The highest BCUT2D eigenvalue weighted by atomic mass is 35.5. The lowest BCUT2D eigenvalue weighted by molar-refractivity contribution is -0.134. The van der Waals surface area contributed by atoms with Crippen molar-refractivity contribution >= 4 is 24.0 Å². The molecule has 2 N–H and O–H groups in total. The van der Waals surface area contributed by atoms with Gasteiger partial charge < -0.3 is 10.6 Å². The fourth-order valence-electron chi connectivity index (χ4n) is 3.13. The second kappa shape index (κ2) is 10.0. The second-order valence-electron chi connectivity index (χ2n) is 6.65. The first kappa shape index (κ1) is 21.8. The Morgan fingerprint density at radius 2 is 2.16 bits per heavy atom. The number of amides is 1. The zero-order chi connectivity index (χ0) is 17.6. The fraction of sp³-hybridized carbons (Fsp3) is 0.611. The Balaban J connectivity index is 0.00000312. The number of halogens is 4. The molecule has 2 rings (SSSR count). The van der Waals surface area contributed by atoms with Crippen molar-refractivity contribution in [3.05, 3.63) is 29.8 Å². The number of hydrogen-bond acceptors (Lipinski definition) is 2. The zero-order valence-electron chi connectivity index (χ0n) is 14.4. The normalized spacial score (nSPS) is 19.0. The molecule has 0 aromatic heterocycles. The zero-order valence-corrected chi connectivity index (χ0v) is 15.2. The average molecular weight is 379 g/mol. The van der Waals surface area contributed by atoms with Gasteiger partial charge in [0.05, 0.1) is 0 Å². The smallest absolute Gasteiger partial charge is 0.326 e. The van der Waals surface area contributed by atoms with Crippen molar-refractivity contribution in [3.8, 4) is 0 Å². The first-order valence-corrected chi connectivity index (χ1v) is 8.50. The maximum Gasteiger partial charge on any atom is 0.389 e. The summed E-state index contributed by atoms with van der Waals surface area (Å²) < 4.78 is 36.9. The van der Waals surface area contributed by atoms with Crippen LogP contribution in [0.2, 0.25) is 0 Å². The number of anilines is 1. The number of benzene rings is 1. The molecule has 0 spiro atoms. The summed E-state index contributed by atoms with van der Waals surface area (Å²) in [7, 11) is 0. The van der Waals surface area contributed by atoms with E-state index in [1.807, 2.05) is 0 Å². The van der Waals surface area contributed by atoms with Gasteiger partial charge in [0, 0.05) is 18.5 Å². The van der Waals surface area contributed by atoms with Crippen LogP contribution in [0, 0.1) is 11.8 Å². The average Bonchev–Trinajstić information content (AvgIpc) is 2.53. The van der Waals surface area contributed by atoms with Crippen LogP contribution in [0.15, 0.2) is 24.3 Å². The predicted molar refractivity (Wildman–Crippen MR) is 96.1 cm³/mol. The van der Waals surface area contributed by atoms with Crippen LogP contribution in [0.3, 0.4) is 0 Å². The van der Waals surface area contributed by atoms with E-state index in [0.717, 1.165) is 25.9 Å². The third-order valence-electron chi connectivity index (χ3n) is 4.55. The lowest BCUT2D eigenvalue weighted by Gasteiger charge is -2.28. The number of rotatable bonds is 6. The number of piperidine rings is 1. The molecule has 2 atom stereocenters. The highest BCUT2D eigenvalue weighted by Gasteiger charge is 2.26. The lowest BCUT2D eigenvalue weighted by atomic mass is 9.85. The van der Waals surface area contributed by atoms with Crippen LogP contribution < -0.4 is 10.6 Å². The summed E-state index contributed by atoms with van der Waals surface area (Å²) in [6.07, 6.45) is -2.39. The molecule has 2 unspecified atom stereocenters. The van der Waals surface area contributed by atoms with E-state index in [1.54, 1.807) is 24.3 Å². The minimum atomic E-state index is -4.16. The van der Waals surface area contributed by atoms with Crippen molar-refractivity contribution in [2.75, 3.05) is 18.4 Å². The number of hydrogen-bond donors (Lipinski definition) is 2. The quantitative estimate of drug-likeness (QED) is 0.761. The Kier molecular flexibility index (Phi) is 8.73. The van der Waals surface area contributed by atoms with Gasteiger partial charge >= 0.3 is 6.18 Å². The van der Waals surface area contributed by atoms with Gasteiger partial charge in [-0.25, -0.2) is 0 Å². The highest BCUT2D eigenvalue weighted by Crippen LogP contribution is 2.24. The monoisotopic (exact) mass is 378 g/mol. The molecule has 1 saturated heterocycles. The number of nitrogens with one attached hydrogen (secondary N) is 2. The summed E-state index contributed by atoms with van der Waals surface area (Å²) in [5, 5.41) is 6.16. The molecule has 25 heavy (non-hydrogen) atoms. The molecule has 1 fully saturated rings. The van der Waals surface area contributed by atoms with Gasteiger partial charge in [0.2, 0.25) is 5.91 Å². The molecular formula is C18H26ClF3N2O. The van der Waals surface area contributed by atoms with Gasteiger partial charge in [-0.3, -0.25) is 4.79 Å². The standard InChI is InChI=1S/C18H25F3N2O.ClH/c1-13(15-5-3-9-22-12-15)10-17(24)23-16-6-2-4-14(11-16)7-8-18(19,20)21;/h2,4,6,11,13,15,22H,3,5,7-10,12H2,1H3,(H,23,24);1H. The van der Waals surface area contributed by atoms with E-state index in [9.17, 15) is 18.0 Å². The molecule has 0 bridgehead atoms. The number of aryl methyl sites for hydroxylation is 1. The molecule has 1 aliphatic rings. The Bertz CT molecular complexity index is 545. The van der Waals surface area contributed by atoms with Crippen molar-refractivity contribution in [2.45, 2.75) is 45.2 Å². The molecule has 1 aromatic carbocycles. The molecular weight excluding hydrogens is 353 g/mol. The minimum absolute atomic E-state index is 0. The molecule has 0 saturated carbocycles. The number of carbonyl (C=O) groups is 1. The maximum absolute atomic E-state index is 12.3. The molecule has 0 aliphatic carbocycles. The Morgan fingerprint density at radius 1 is 1.40 bits per heavy atom. The van der Waals surface area contributed by atoms with Crippen molar-refractivity contribution in [1.82, 2.24) is 5.32 Å². The van der Waals surface area contributed by atoms with E-state index >= 15 is 0 Å². The van der Waals surface area contributed by atoms with E-state index in [4.69, 9.17) is 0 Å². The van der Waals surface area contributed by atoms with E-state index in [0.29, 0.717) is 23.6 Å². The minimum Gasteiger partial charge on any atom is -0.326 e. The molecule has 7 heteroatoms. The summed E-state index contributed by atoms with van der Waals surface area (Å²) in [6.45, 7) is 4.07. The van der Waals surface area contributed by atoms with Crippen LogP contribution in [0.5, 0.6) is 0 Å². The third kappa shape index (κ3) is 8.10. The summed E-state index contributed by atoms with van der Waals surface area (Å²) >= 11 is 0. The van der Waals surface area contributed by atoms with Gasteiger partial charge in [0.1, 0.15) is 0 Å². The SMILES string of the molecule is CC(CC(=O)Nc1cccc(CCC(F)(F)F)c1)C1CCCNC1.Cl. The van der Waals surface area contributed by atoms with Gasteiger partial charge in [-0.15, -0.1) is 12.4 Å². The first-order chi connectivity index (χ1) is 11.3. The summed E-state index contributed by atoms with van der Waals surface area (Å²) in [4.78, 5) is 12.2. The van der Waals surface area contributed by atoms with Gasteiger partial charge in [-0.05, 0) is 61.9 Å². The van der Waals surface area contributed by atoms with Crippen LogP contribution in [0.25, 0.3) is 0 Å². The van der Waals surface area contributed by atoms with Crippen molar-refractivity contribution in [3.63, 3.8) is 0 Å². The number of carbonyl (C=O) groups excluding carboxylic acids is 1. The van der Waals surface area contributed by atoms with Gasteiger partial charge in [0.25, 0.3) is 0 Å². The molecule has 1 aliphatic heterocycles. The lowest BCUT2D eigenvalue weighted by Crippen LogP contribution is -2.34. The first-order valence-electron chi connectivity index (χ1n) is 8.50. The largest absolute Gasteiger partial charge is 0.389 e. The molecule has 3 nitrogen and oxygen atoms in total. The molecule has 0 radical (unpaired) electrons. The third-order valence-corrected chi connectivity index (χ3v) is 4.55. The predicted octanol–water partition coefficient (Wildman–Crippen LogP) is 4.57. The summed E-state index contributed by atoms with van der Waals surface area (Å²) in [5.41, 5.74) is 1.14. The molecule has 1 aromatic rings. The maximum atomic E-state index is 12.3. The highest BCUT2D eigenvalue weighted by molar-refractivity contribution is 5.90. The summed E-state index contributed by atoms with van der Waals surface area (Å²) in [5.74, 6) is 0.704. The second-order valence-corrected chi connectivity index (χ2v) is 6.65. The topological polar surface area (TPSA) is 41.1 Å². The van der Waals surface area contributed by atoms with Crippen LogP contribution in [-0.4, -0.2) is 25.2 Å². The summed E-state index contributed by atoms with van der Waals surface area (Å²) in [6, 6.07) is 6.66. The fourth-order valence-corrected chi connectivity index (χ4v) is 3.13. The van der Waals surface area contributed by atoms with Crippen LogP contribution in [0.1, 0.15) is 38.2 Å². The van der Waals surface area contributed by atoms with E-state index < -0.39 is 12.6 Å². The van der Waals surface area contributed by atoms with Gasteiger partial charge in [-0.1, -0.05) is 19.1 Å². The van der Waals surface area contributed by atoms with E-state index in [2.05, 4.69) is 17.6 Å². The van der Waals surface area contributed by atoms with Crippen molar-refractivity contribution in [2.24, 2.45) is 11.8 Å². The van der Waals surface area contributed by atoms with Crippen LogP contribution in [0.4, 0.5) is 18.9 Å². The van der Waals surface area contributed by atoms with E-state index in [1.165, 1.54) is 0 Å². The van der Waals surface area contributed by atoms with Crippen molar-refractivity contribution in [1.29, 1.82) is 0 Å².